The van der Waals surface area contributed by atoms with E-state index in [0.29, 0.717) is 11.3 Å². The maximum atomic E-state index is 12.8. The number of nitrogens with one attached hydrogen (secondary N) is 2. The summed E-state index contributed by atoms with van der Waals surface area (Å²) in [6, 6.07) is 16.5. The highest BCUT2D eigenvalue weighted by Crippen LogP contribution is 2.31. The van der Waals surface area contributed by atoms with E-state index in [2.05, 4.69) is 15.8 Å². The van der Waals surface area contributed by atoms with Crippen molar-refractivity contribution in [2.75, 3.05) is 23.4 Å². The molecule has 0 unspecified atom stereocenters. The SMILES string of the molecule is Cc1ccc(N2C[C@H](C(=O)N/N=C\c3ccc(OCC(=O)Nc4cccc(C(F)(F)F)c4)cc3)CC2=O)cc1C. The largest absolute Gasteiger partial charge is 0.484 e. The lowest BCUT2D eigenvalue weighted by Gasteiger charge is -2.17. The van der Waals surface area contributed by atoms with Crippen molar-refractivity contribution in [1.29, 1.82) is 0 Å². The van der Waals surface area contributed by atoms with Crippen molar-refractivity contribution in [1.82, 2.24) is 5.43 Å². The fraction of sp³-hybridized carbons (Fsp3) is 0.241. The number of hydrogen-bond acceptors (Lipinski definition) is 5. The molecule has 1 heterocycles. The topological polar surface area (TPSA) is 100 Å². The van der Waals surface area contributed by atoms with Crippen molar-refractivity contribution in [2.24, 2.45) is 11.0 Å². The molecule has 0 aliphatic carbocycles. The summed E-state index contributed by atoms with van der Waals surface area (Å²) in [4.78, 5) is 38.7. The summed E-state index contributed by atoms with van der Waals surface area (Å²) in [6.07, 6.45) is -2.98. The van der Waals surface area contributed by atoms with Crippen LogP contribution >= 0.6 is 0 Å². The molecule has 3 amide bonds. The van der Waals surface area contributed by atoms with Crippen molar-refractivity contribution in [2.45, 2.75) is 26.4 Å². The summed E-state index contributed by atoms with van der Waals surface area (Å²) in [7, 11) is 0. The summed E-state index contributed by atoms with van der Waals surface area (Å²) in [5.41, 5.74) is 5.22. The minimum absolute atomic E-state index is 0.0111. The van der Waals surface area contributed by atoms with Gasteiger partial charge in [-0.25, -0.2) is 5.43 Å². The van der Waals surface area contributed by atoms with Gasteiger partial charge in [0.1, 0.15) is 5.75 Å². The Hall–Kier alpha value is -4.67. The number of hydrogen-bond donors (Lipinski definition) is 2. The number of benzene rings is 3. The molecule has 3 aromatic rings. The standard InChI is InChI=1S/C29H27F3N4O4/c1-18-6-9-24(12-19(18)2)36-16-21(13-27(36)38)28(39)35-33-15-20-7-10-25(11-8-20)40-17-26(37)34-23-5-3-4-22(14-23)29(30,31)32/h3-12,14-15,21H,13,16-17H2,1-2H3,(H,34,37)(H,35,39)/b33-15-/t21-/m1/s1. The van der Waals surface area contributed by atoms with Gasteiger partial charge in [0.2, 0.25) is 11.8 Å². The second kappa shape index (κ2) is 12.0. The summed E-state index contributed by atoms with van der Waals surface area (Å²) in [5.74, 6) is -1.26. The summed E-state index contributed by atoms with van der Waals surface area (Å²) in [6.45, 7) is 3.83. The van der Waals surface area contributed by atoms with Crippen LogP contribution in [0.1, 0.15) is 28.7 Å². The number of carbonyl (C=O) groups excluding carboxylic acids is 3. The molecule has 11 heteroatoms. The summed E-state index contributed by atoms with van der Waals surface area (Å²) >= 11 is 0. The van der Waals surface area contributed by atoms with Crippen LogP contribution in [0.25, 0.3) is 0 Å². The zero-order chi connectivity index (χ0) is 28.9. The molecular formula is C29H27F3N4O4. The number of alkyl halides is 3. The molecule has 3 aromatic carbocycles. The van der Waals surface area contributed by atoms with Crippen molar-refractivity contribution in [3.63, 3.8) is 0 Å². The third-order valence-corrected chi connectivity index (χ3v) is 6.41. The van der Waals surface area contributed by atoms with Gasteiger partial charge in [0.05, 0.1) is 17.7 Å². The number of ether oxygens (including phenoxy) is 1. The van der Waals surface area contributed by atoms with Crippen LogP contribution in [0.3, 0.4) is 0 Å². The van der Waals surface area contributed by atoms with Crippen LogP contribution in [-0.4, -0.2) is 37.1 Å². The fourth-order valence-corrected chi connectivity index (χ4v) is 4.06. The molecule has 0 radical (unpaired) electrons. The van der Waals surface area contributed by atoms with E-state index in [1.165, 1.54) is 18.3 Å². The third kappa shape index (κ3) is 7.25. The Morgan fingerprint density at radius 3 is 2.50 bits per heavy atom. The molecule has 8 nitrogen and oxygen atoms in total. The number of anilines is 2. The number of rotatable bonds is 8. The van der Waals surface area contributed by atoms with E-state index in [-0.39, 0.29) is 30.5 Å². The van der Waals surface area contributed by atoms with Gasteiger partial charge in [-0.2, -0.15) is 18.3 Å². The maximum absolute atomic E-state index is 12.8. The molecule has 1 atom stereocenters. The first kappa shape index (κ1) is 28.3. The average molecular weight is 553 g/mol. The lowest BCUT2D eigenvalue weighted by molar-refractivity contribution is -0.137. The molecule has 0 bridgehead atoms. The van der Waals surface area contributed by atoms with Crippen LogP contribution in [0.2, 0.25) is 0 Å². The number of aryl methyl sites for hydroxylation is 2. The van der Waals surface area contributed by atoms with Crippen molar-refractivity contribution >= 4 is 35.3 Å². The molecule has 0 saturated carbocycles. The Balaban J connectivity index is 1.23. The Labute approximate surface area is 228 Å². The molecule has 208 valence electrons. The van der Waals surface area contributed by atoms with Gasteiger partial charge in [0, 0.05) is 24.3 Å². The van der Waals surface area contributed by atoms with Gasteiger partial charge in [-0.3, -0.25) is 14.4 Å². The predicted molar refractivity (Wildman–Crippen MR) is 144 cm³/mol. The van der Waals surface area contributed by atoms with Crippen LogP contribution in [0.4, 0.5) is 24.5 Å². The Morgan fingerprint density at radius 1 is 1.05 bits per heavy atom. The first-order valence-electron chi connectivity index (χ1n) is 12.4. The second-order valence-electron chi connectivity index (χ2n) is 9.39. The number of carbonyl (C=O) groups is 3. The van der Waals surface area contributed by atoms with Crippen LogP contribution in [0.15, 0.2) is 71.8 Å². The molecular weight excluding hydrogens is 525 g/mol. The quantitative estimate of drug-likeness (QED) is 0.309. The van der Waals surface area contributed by atoms with Gasteiger partial charge in [-0.1, -0.05) is 12.1 Å². The first-order valence-corrected chi connectivity index (χ1v) is 12.4. The molecule has 2 N–H and O–H groups in total. The van der Waals surface area contributed by atoms with Crippen molar-refractivity contribution in [3.05, 3.63) is 89.0 Å². The fourth-order valence-electron chi connectivity index (χ4n) is 4.06. The Bertz CT molecular complexity index is 1440. The number of nitrogens with zero attached hydrogens (tertiary/aromatic N) is 2. The van der Waals surface area contributed by atoms with Gasteiger partial charge in [0.25, 0.3) is 5.91 Å². The lowest BCUT2D eigenvalue weighted by atomic mass is 10.1. The normalized spacial score (nSPS) is 15.4. The van der Waals surface area contributed by atoms with Crippen LogP contribution in [0.5, 0.6) is 5.75 Å². The molecule has 1 saturated heterocycles. The predicted octanol–water partition coefficient (Wildman–Crippen LogP) is 4.84. The average Bonchev–Trinajstić information content (AvgIpc) is 3.31. The van der Waals surface area contributed by atoms with E-state index in [9.17, 15) is 27.6 Å². The van der Waals surface area contributed by atoms with E-state index < -0.39 is 30.2 Å². The van der Waals surface area contributed by atoms with Crippen LogP contribution in [-0.2, 0) is 20.6 Å². The zero-order valence-corrected chi connectivity index (χ0v) is 21.8. The smallest absolute Gasteiger partial charge is 0.416 e. The highest BCUT2D eigenvalue weighted by Gasteiger charge is 2.35. The molecule has 1 fully saturated rings. The second-order valence-corrected chi connectivity index (χ2v) is 9.39. The van der Waals surface area contributed by atoms with Gasteiger partial charge in [0.15, 0.2) is 6.61 Å². The van der Waals surface area contributed by atoms with Gasteiger partial charge >= 0.3 is 6.18 Å². The number of hydrazone groups is 1. The maximum Gasteiger partial charge on any atom is 0.416 e. The number of halogens is 3. The molecule has 1 aliphatic rings. The summed E-state index contributed by atoms with van der Waals surface area (Å²) < 4.78 is 43.9. The minimum atomic E-state index is -4.51. The van der Waals surface area contributed by atoms with Crippen LogP contribution in [0, 0.1) is 19.8 Å². The van der Waals surface area contributed by atoms with E-state index in [1.807, 2.05) is 32.0 Å². The Kier molecular flexibility index (Phi) is 8.52. The molecule has 1 aliphatic heterocycles. The Morgan fingerprint density at radius 2 is 1.80 bits per heavy atom. The lowest BCUT2D eigenvalue weighted by Crippen LogP contribution is -2.30. The van der Waals surface area contributed by atoms with Crippen LogP contribution < -0.4 is 20.4 Å². The van der Waals surface area contributed by atoms with Crippen molar-refractivity contribution < 1.29 is 32.3 Å². The highest BCUT2D eigenvalue weighted by atomic mass is 19.4. The van der Waals surface area contributed by atoms with Crippen molar-refractivity contribution in [3.8, 4) is 5.75 Å². The molecule has 0 aromatic heterocycles. The van der Waals surface area contributed by atoms with E-state index in [4.69, 9.17) is 4.74 Å². The summed E-state index contributed by atoms with van der Waals surface area (Å²) in [5, 5.41) is 6.34. The van der Waals surface area contributed by atoms with E-state index in [1.54, 1.807) is 29.2 Å². The third-order valence-electron chi connectivity index (χ3n) is 6.41. The van der Waals surface area contributed by atoms with E-state index >= 15 is 0 Å². The number of amides is 3. The monoisotopic (exact) mass is 552 g/mol. The van der Waals surface area contributed by atoms with Gasteiger partial charge in [-0.05, 0) is 85.1 Å². The molecule has 40 heavy (non-hydrogen) atoms. The zero-order valence-electron chi connectivity index (χ0n) is 21.8. The minimum Gasteiger partial charge on any atom is -0.484 e. The van der Waals surface area contributed by atoms with Gasteiger partial charge in [-0.15, -0.1) is 0 Å². The first-order chi connectivity index (χ1) is 19.0. The van der Waals surface area contributed by atoms with E-state index in [0.717, 1.165) is 28.9 Å². The molecule has 4 rings (SSSR count). The molecule has 0 spiro atoms. The highest BCUT2D eigenvalue weighted by molar-refractivity contribution is 6.00. The van der Waals surface area contributed by atoms with Gasteiger partial charge < -0.3 is 15.0 Å².